The highest BCUT2D eigenvalue weighted by Crippen LogP contribution is 2.39. The fraction of sp³-hybridized carbons (Fsp3) is 0.455. The van der Waals surface area contributed by atoms with E-state index in [-0.39, 0.29) is 5.41 Å². The molecule has 1 aromatic carbocycles. The van der Waals surface area contributed by atoms with Crippen LogP contribution in [0.4, 0.5) is 0 Å². The van der Waals surface area contributed by atoms with Crippen molar-refractivity contribution in [3.63, 3.8) is 0 Å². The first-order chi connectivity index (χ1) is 6.65. The molecule has 0 saturated carbocycles. The van der Waals surface area contributed by atoms with Crippen LogP contribution in [0.5, 0.6) is 5.75 Å². The zero-order valence-corrected chi connectivity index (χ0v) is 8.97. The van der Waals surface area contributed by atoms with Gasteiger partial charge >= 0.3 is 0 Å². The van der Waals surface area contributed by atoms with Gasteiger partial charge in [0, 0.05) is 22.5 Å². The minimum absolute atomic E-state index is 0.0399. The first kappa shape index (κ1) is 9.81. The van der Waals surface area contributed by atoms with E-state index in [1.165, 1.54) is 5.56 Å². The van der Waals surface area contributed by atoms with Gasteiger partial charge in [-0.3, -0.25) is 0 Å². The highest BCUT2D eigenvalue weighted by Gasteiger charge is 2.31. The van der Waals surface area contributed by atoms with Crippen LogP contribution in [0.2, 0.25) is 5.02 Å². The van der Waals surface area contributed by atoms with Crippen LogP contribution in [-0.2, 0) is 5.41 Å². The monoisotopic (exact) mass is 211 g/mol. The maximum Gasteiger partial charge on any atom is 0.124 e. The number of hydrogen-bond donors (Lipinski definition) is 1. The predicted molar refractivity (Wildman–Crippen MR) is 58.0 cm³/mol. The van der Waals surface area contributed by atoms with E-state index < -0.39 is 0 Å². The Balaban J connectivity index is 2.50. The molecule has 76 valence electrons. The van der Waals surface area contributed by atoms with Crippen LogP contribution in [0.25, 0.3) is 0 Å². The van der Waals surface area contributed by atoms with E-state index in [1.807, 2.05) is 18.2 Å². The Morgan fingerprint density at radius 1 is 1.57 bits per heavy atom. The van der Waals surface area contributed by atoms with Gasteiger partial charge in [-0.25, -0.2) is 0 Å². The molecule has 14 heavy (non-hydrogen) atoms. The normalized spacial score (nSPS) is 25.4. The molecule has 1 aromatic rings. The van der Waals surface area contributed by atoms with Gasteiger partial charge in [0.2, 0.25) is 0 Å². The van der Waals surface area contributed by atoms with Crippen molar-refractivity contribution in [1.82, 2.24) is 0 Å². The van der Waals surface area contributed by atoms with Gasteiger partial charge in [0.1, 0.15) is 5.75 Å². The lowest BCUT2D eigenvalue weighted by molar-refractivity contribution is 0.227. The van der Waals surface area contributed by atoms with Crippen LogP contribution >= 0.6 is 11.6 Å². The highest BCUT2D eigenvalue weighted by molar-refractivity contribution is 6.30. The third kappa shape index (κ3) is 1.49. The van der Waals surface area contributed by atoms with Crippen LogP contribution in [0.15, 0.2) is 18.2 Å². The molecule has 1 atom stereocenters. The van der Waals surface area contributed by atoms with Gasteiger partial charge in [-0.2, -0.15) is 0 Å². The van der Waals surface area contributed by atoms with Gasteiger partial charge in [0.25, 0.3) is 0 Å². The zero-order valence-electron chi connectivity index (χ0n) is 8.22. The maximum absolute atomic E-state index is 5.90. The molecule has 1 heterocycles. The maximum atomic E-state index is 5.90. The number of hydrogen-bond acceptors (Lipinski definition) is 2. The van der Waals surface area contributed by atoms with Crippen molar-refractivity contribution in [1.29, 1.82) is 0 Å². The molecule has 2 N–H and O–H groups in total. The summed E-state index contributed by atoms with van der Waals surface area (Å²) in [7, 11) is 0. The zero-order chi connectivity index (χ0) is 10.2. The van der Waals surface area contributed by atoms with Gasteiger partial charge in [-0.1, -0.05) is 24.6 Å². The van der Waals surface area contributed by atoms with E-state index in [9.17, 15) is 0 Å². The lowest BCUT2D eigenvalue weighted by Crippen LogP contribution is -2.36. The average molecular weight is 212 g/mol. The van der Waals surface area contributed by atoms with Gasteiger partial charge in [-0.05, 0) is 18.6 Å². The first-order valence-electron chi connectivity index (χ1n) is 4.79. The summed E-state index contributed by atoms with van der Waals surface area (Å²) in [5.74, 6) is 0.886. The fourth-order valence-corrected chi connectivity index (χ4v) is 2.01. The van der Waals surface area contributed by atoms with E-state index in [0.717, 1.165) is 18.8 Å². The number of ether oxygens (including phenoxy) is 1. The summed E-state index contributed by atoms with van der Waals surface area (Å²) in [5, 5.41) is 0.713. The molecule has 0 fully saturated rings. The van der Waals surface area contributed by atoms with Crippen LogP contribution in [0.1, 0.15) is 18.9 Å². The van der Waals surface area contributed by atoms with Crippen molar-refractivity contribution >= 4 is 11.6 Å². The largest absolute Gasteiger partial charge is 0.493 e. The number of halogens is 1. The van der Waals surface area contributed by atoms with Gasteiger partial charge in [0.05, 0.1) is 6.61 Å². The molecule has 3 heteroatoms. The van der Waals surface area contributed by atoms with Crippen molar-refractivity contribution < 1.29 is 4.74 Å². The lowest BCUT2D eigenvalue weighted by atomic mass is 9.78. The van der Waals surface area contributed by atoms with E-state index >= 15 is 0 Å². The number of nitrogens with two attached hydrogens (primary N) is 1. The van der Waals surface area contributed by atoms with Crippen LogP contribution in [-0.4, -0.2) is 13.2 Å². The Morgan fingerprint density at radius 2 is 2.36 bits per heavy atom. The van der Waals surface area contributed by atoms with Crippen molar-refractivity contribution in [3.05, 3.63) is 28.8 Å². The molecular weight excluding hydrogens is 198 g/mol. The minimum atomic E-state index is 0.0399. The SMILES string of the molecule is CC1(CN)CCOc2cc(Cl)ccc21. The molecule has 2 rings (SSSR count). The summed E-state index contributed by atoms with van der Waals surface area (Å²) in [5.41, 5.74) is 7.02. The third-order valence-electron chi connectivity index (χ3n) is 2.96. The van der Waals surface area contributed by atoms with Gasteiger partial charge in [0.15, 0.2) is 0 Å². The van der Waals surface area contributed by atoms with Crippen LogP contribution < -0.4 is 10.5 Å². The molecule has 0 amide bonds. The summed E-state index contributed by atoms with van der Waals surface area (Å²) in [6.07, 6.45) is 0.970. The Labute approximate surface area is 89.0 Å². The van der Waals surface area contributed by atoms with Crippen LogP contribution in [0.3, 0.4) is 0 Å². The van der Waals surface area contributed by atoms with Crippen LogP contribution in [0, 0.1) is 0 Å². The quantitative estimate of drug-likeness (QED) is 0.774. The molecule has 0 aliphatic carbocycles. The second-order valence-electron chi connectivity index (χ2n) is 4.00. The summed E-state index contributed by atoms with van der Waals surface area (Å²) in [4.78, 5) is 0. The molecule has 0 radical (unpaired) electrons. The van der Waals surface area contributed by atoms with E-state index in [1.54, 1.807) is 0 Å². The third-order valence-corrected chi connectivity index (χ3v) is 3.19. The van der Waals surface area contributed by atoms with Crippen molar-refractivity contribution in [2.45, 2.75) is 18.8 Å². The van der Waals surface area contributed by atoms with Crippen molar-refractivity contribution in [2.75, 3.05) is 13.2 Å². The Kier molecular flexibility index (Phi) is 2.41. The Morgan fingerprint density at radius 3 is 3.07 bits per heavy atom. The summed E-state index contributed by atoms with van der Waals surface area (Å²) in [6, 6.07) is 5.77. The standard InChI is InChI=1S/C11H14ClNO/c1-11(7-13)4-5-14-10-6-8(12)2-3-9(10)11/h2-3,6H,4-5,7,13H2,1H3. The molecule has 0 saturated heterocycles. The minimum Gasteiger partial charge on any atom is -0.493 e. The molecular formula is C11H14ClNO. The molecule has 0 bridgehead atoms. The van der Waals surface area contributed by atoms with Gasteiger partial charge in [-0.15, -0.1) is 0 Å². The topological polar surface area (TPSA) is 35.2 Å². The molecule has 1 aliphatic heterocycles. The molecule has 1 unspecified atom stereocenters. The highest BCUT2D eigenvalue weighted by atomic mass is 35.5. The smallest absolute Gasteiger partial charge is 0.124 e. The van der Waals surface area contributed by atoms with Crippen molar-refractivity contribution in [2.24, 2.45) is 5.73 Å². The first-order valence-corrected chi connectivity index (χ1v) is 5.16. The lowest BCUT2D eigenvalue weighted by Gasteiger charge is -2.34. The molecule has 0 spiro atoms. The van der Waals surface area contributed by atoms with Crippen molar-refractivity contribution in [3.8, 4) is 5.75 Å². The van der Waals surface area contributed by atoms with E-state index in [4.69, 9.17) is 22.1 Å². The Hall–Kier alpha value is -0.730. The summed E-state index contributed by atoms with van der Waals surface area (Å²) in [6.45, 7) is 3.54. The van der Waals surface area contributed by atoms with Gasteiger partial charge < -0.3 is 10.5 Å². The number of fused-ring (bicyclic) bond motifs is 1. The Bertz CT molecular complexity index is 353. The number of rotatable bonds is 1. The molecule has 2 nitrogen and oxygen atoms in total. The average Bonchev–Trinajstić information content (AvgIpc) is 2.18. The molecule has 1 aliphatic rings. The molecule has 0 aromatic heterocycles. The number of benzene rings is 1. The second-order valence-corrected chi connectivity index (χ2v) is 4.44. The predicted octanol–water partition coefficient (Wildman–Crippen LogP) is 2.34. The summed E-state index contributed by atoms with van der Waals surface area (Å²) >= 11 is 5.90. The second kappa shape index (κ2) is 3.44. The summed E-state index contributed by atoms with van der Waals surface area (Å²) < 4.78 is 5.56. The van der Waals surface area contributed by atoms with E-state index in [2.05, 4.69) is 6.92 Å². The fourth-order valence-electron chi connectivity index (χ4n) is 1.85. The van der Waals surface area contributed by atoms with E-state index in [0.29, 0.717) is 11.6 Å².